The fourth-order valence-corrected chi connectivity index (χ4v) is 3.10. The van der Waals surface area contributed by atoms with Crippen LogP contribution in [0.4, 0.5) is 0 Å². The van der Waals surface area contributed by atoms with Crippen molar-refractivity contribution in [1.29, 1.82) is 0 Å². The third-order valence-electron chi connectivity index (χ3n) is 4.55. The Bertz CT molecular complexity index is 905. The van der Waals surface area contributed by atoms with Crippen molar-refractivity contribution in [2.75, 3.05) is 6.54 Å². The van der Waals surface area contributed by atoms with Gasteiger partial charge in [0, 0.05) is 5.02 Å². The van der Waals surface area contributed by atoms with E-state index in [0.29, 0.717) is 5.02 Å². The summed E-state index contributed by atoms with van der Waals surface area (Å²) in [5.74, 6) is -0.177. The van der Waals surface area contributed by atoms with Gasteiger partial charge in [-0.3, -0.25) is 4.79 Å². The molecule has 0 fully saturated rings. The van der Waals surface area contributed by atoms with Crippen molar-refractivity contribution in [1.82, 2.24) is 5.32 Å². The highest BCUT2D eigenvalue weighted by molar-refractivity contribution is 6.31. The van der Waals surface area contributed by atoms with Crippen LogP contribution < -0.4 is 5.32 Å². The summed E-state index contributed by atoms with van der Waals surface area (Å²) >= 11 is 6.09. The van der Waals surface area contributed by atoms with Gasteiger partial charge in [-0.25, -0.2) is 0 Å². The number of aliphatic hydroxyl groups is 1. The Labute approximate surface area is 164 Å². The van der Waals surface area contributed by atoms with Gasteiger partial charge in [0.25, 0.3) is 0 Å². The number of hydrogen-bond donors (Lipinski definition) is 2. The van der Waals surface area contributed by atoms with Gasteiger partial charge >= 0.3 is 0 Å². The quantitative estimate of drug-likeness (QED) is 0.659. The van der Waals surface area contributed by atoms with Crippen LogP contribution in [-0.4, -0.2) is 17.6 Å². The number of halogens is 1. The lowest BCUT2D eigenvalue weighted by Crippen LogP contribution is -2.39. The molecule has 0 aliphatic heterocycles. The number of nitrogens with one attached hydrogen (secondary N) is 1. The maximum Gasteiger partial charge on any atom is 0.224 e. The van der Waals surface area contributed by atoms with Crippen LogP contribution in [0.3, 0.4) is 0 Å². The molecule has 0 radical (unpaired) electrons. The summed E-state index contributed by atoms with van der Waals surface area (Å²) in [5, 5.41) is 14.1. The van der Waals surface area contributed by atoms with Gasteiger partial charge in [-0.05, 0) is 35.2 Å². The van der Waals surface area contributed by atoms with E-state index in [4.69, 9.17) is 11.6 Å². The van der Waals surface area contributed by atoms with Crippen LogP contribution in [0.2, 0.25) is 5.02 Å². The lowest BCUT2D eigenvalue weighted by molar-refractivity contribution is -0.121. The Morgan fingerprint density at radius 2 is 1.52 bits per heavy atom. The van der Waals surface area contributed by atoms with Crippen molar-refractivity contribution in [2.24, 2.45) is 0 Å². The minimum Gasteiger partial charge on any atom is -0.384 e. The van der Waals surface area contributed by atoms with E-state index in [1.54, 1.807) is 13.0 Å². The third-order valence-corrected chi connectivity index (χ3v) is 4.92. The number of carbonyl (C=O) groups excluding carboxylic acids is 1. The first kappa shape index (κ1) is 19.2. The van der Waals surface area contributed by atoms with Gasteiger partial charge in [0.2, 0.25) is 5.91 Å². The first-order chi connectivity index (χ1) is 13.0. The number of carbonyl (C=O) groups is 1. The summed E-state index contributed by atoms with van der Waals surface area (Å²) in [5.41, 5.74) is 2.56. The molecule has 0 saturated heterocycles. The van der Waals surface area contributed by atoms with Crippen molar-refractivity contribution in [3.8, 4) is 11.1 Å². The zero-order chi connectivity index (χ0) is 19.3. The topological polar surface area (TPSA) is 49.3 Å². The molecule has 0 bridgehead atoms. The maximum atomic E-state index is 12.2. The zero-order valence-electron chi connectivity index (χ0n) is 15.2. The molecule has 0 heterocycles. The average Bonchev–Trinajstić information content (AvgIpc) is 2.69. The molecule has 3 rings (SSSR count). The Kier molecular flexibility index (Phi) is 5.94. The van der Waals surface area contributed by atoms with Crippen molar-refractivity contribution in [2.45, 2.75) is 18.9 Å². The number of hydrogen-bond acceptors (Lipinski definition) is 2. The second-order valence-corrected chi connectivity index (χ2v) is 7.17. The lowest BCUT2D eigenvalue weighted by atomic mass is 9.93. The maximum absolute atomic E-state index is 12.2. The van der Waals surface area contributed by atoms with Crippen molar-refractivity contribution < 1.29 is 9.90 Å². The number of benzene rings is 3. The van der Waals surface area contributed by atoms with Gasteiger partial charge in [0.05, 0.1) is 13.0 Å². The molecule has 1 amide bonds. The van der Waals surface area contributed by atoms with Gasteiger partial charge in [-0.1, -0.05) is 84.4 Å². The second kappa shape index (κ2) is 8.38. The van der Waals surface area contributed by atoms with E-state index in [-0.39, 0.29) is 18.9 Å². The third kappa shape index (κ3) is 4.97. The van der Waals surface area contributed by atoms with Gasteiger partial charge in [-0.2, -0.15) is 0 Å². The summed E-state index contributed by atoms with van der Waals surface area (Å²) < 4.78 is 0. The Morgan fingerprint density at radius 3 is 2.19 bits per heavy atom. The second-order valence-electron chi connectivity index (χ2n) is 6.76. The fourth-order valence-electron chi connectivity index (χ4n) is 2.90. The fraction of sp³-hybridized carbons (Fsp3) is 0.174. The smallest absolute Gasteiger partial charge is 0.224 e. The average molecular weight is 380 g/mol. The summed E-state index contributed by atoms with van der Waals surface area (Å²) in [6, 6.07) is 25.0. The minimum atomic E-state index is -1.16. The van der Waals surface area contributed by atoms with Gasteiger partial charge in [0.1, 0.15) is 5.60 Å². The molecule has 0 saturated carbocycles. The summed E-state index contributed by atoms with van der Waals surface area (Å²) in [6.45, 7) is 1.82. The minimum absolute atomic E-state index is 0.126. The van der Waals surface area contributed by atoms with Crippen LogP contribution in [0.25, 0.3) is 11.1 Å². The molecule has 3 aromatic carbocycles. The van der Waals surface area contributed by atoms with E-state index < -0.39 is 5.60 Å². The van der Waals surface area contributed by atoms with Crippen LogP contribution in [0, 0.1) is 0 Å². The van der Waals surface area contributed by atoms with E-state index >= 15 is 0 Å². The Morgan fingerprint density at radius 1 is 0.926 bits per heavy atom. The largest absolute Gasteiger partial charge is 0.384 e. The highest BCUT2D eigenvalue weighted by atomic mass is 35.5. The SMILES string of the molecule is CC(O)(CNC(=O)Cc1ccccc1Cl)c1ccc(-c2ccccc2)cc1. The molecular weight excluding hydrogens is 358 g/mol. The molecule has 2 N–H and O–H groups in total. The van der Waals surface area contributed by atoms with Crippen LogP contribution in [0.5, 0.6) is 0 Å². The molecule has 3 nitrogen and oxygen atoms in total. The summed E-state index contributed by atoms with van der Waals surface area (Å²) in [4.78, 5) is 12.2. The summed E-state index contributed by atoms with van der Waals surface area (Å²) in [6.07, 6.45) is 0.183. The molecule has 138 valence electrons. The van der Waals surface area contributed by atoms with E-state index in [0.717, 1.165) is 22.3 Å². The van der Waals surface area contributed by atoms with Crippen LogP contribution in [0.15, 0.2) is 78.9 Å². The molecule has 0 aliphatic carbocycles. The molecule has 4 heteroatoms. The molecule has 0 aromatic heterocycles. The molecule has 1 atom stereocenters. The predicted molar refractivity (Wildman–Crippen MR) is 110 cm³/mol. The molecule has 0 spiro atoms. The monoisotopic (exact) mass is 379 g/mol. The van der Waals surface area contributed by atoms with Crippen molar-refractivity contribution in [3.05, 3.63) is 95.0 Å². The van der Waals surface area contributed by atoms with Gasteiger partial charge < -0.3 is 10.4 Å². The lowest BCUT2D eigenvalue weighted by Gasteiger charge is -2.24. The normalized spacial score (nSPS) is 13.0. The molecule has 3 aromatic rings. The predicted octanol–water partition coefficient (Wildman–Crippen LogP) is 4.57. The van der Waals surface area contributed by atoms with E-state index in [9.17, 15) is 9.90 Å². The van der Waals surface area contributed by atoms with Gasteiger partial charge in [0.15, 0.2) is 0 Å². The first-order valence-corrected chi connectivity index (χ1v) is 9.22. The number of rotatable bonds is 6. The standard InChI is InChI=1S/C23H22ClNO2/c1-23(27,16-25-22(26)15-19-9-5-6-10-21(19)24)20-13-11-18(12-14-20)17-7-3-2-4-8-17/h2-14,27H,15-16H2,1H3,(H,25,26). The number of amides is 1. The van der Waals surface area contributed by atoms with Crippen LogP contribution >= 0.6 is 11.6 Å². The van der Waals surface area contributed by atoms with Crippen molar-refractivity contribution in [3.63, 3.8) is 0 Å². The molecular formula is C23H22ClNO2. The van der Waals surface area contributed by atoms with E-state index in [2.05, 4.69) is 5.32 Å². The Balaban J connectivity index is 1.62. The highest BCUT2D eigenvalue weighted by Gasteiger charge is 2.24. The van der Waals surface area contributed by atoms with Crippen molar-refractivity contribution >= 4 is 17.5 Å². The first-order valence-electron chi connectivity index (χ1n) is 8.84. The Hall–Kier alpha value is -2.62. The van der Waals surface area contributed by atoms with Crippen LogP contribution in [-0.2, 0) is 16.8 Å². The summed E-state index contributed by atoms with van der Waals surface area (Å²) in [7, 11) is 0. The molecule has 1 unspecified atom stereocenters. The van der Waals surface area contributed by atoms with Crippen LogP contribution in [0.1, 0.15) is 18.1 Å². The van der Waals surface area contributed by atoms with E-state index in [1.165, 1.54) is 0 Å². The molecule has 27 heavy (non-hydrogen) atoms. The van der Waals surface area contributed by atoms with E-state index in [1.807, 2.05) is 72.8 Å². The molecule has 0 aliphatic rings. The van der Waals surface area contributed by atoms with Gasteiger partial charge in [-0.15, -0.1) is 0 Å². The highest BCUT2D eigenvalue weighted by Crippen LogP contribution is 2.25. The zero-order valence-corrected chi connectivity index (χ0v) is 15.9.